The summed E-state index contributed by atoms with van der Waals surface area (Å²) in [4.78, 5) is 12.0. The molecule has 0 aliphatic rings. The van der Waals surface area contributed by atoms with Crippen LogP contribution in [0.5, 0.6) is 0 Å². The van der Waals surface area contributed by atoms with Gasteiger partial charge in [0.05, 0.1) is 4.90 Å². The summed E-state index contributed by atoms with van der Waals surface area (Å²) in [5.41, 5.74) is 1.53. The van der Waals surface area contributed by atoms with Crippen molar-refractivity contribution in [2.75, 3.05) is 11.9 Å². The lowest BCUT2D eigenvalue weighted by Crippen LogP contribution is -2.28. The predicted octanol–water partition coefficient (Wildman–Crippen LogP) is 1.77. The Labute approximate surface area is 139 Å². The van der Waals surface area contributed by atoms with E-state index in [2.05, 4.69) is 20.2 Å². The first-order valence-corrected chi connectivity index (χ1v) is 9.25. The maximum Gasteiger partial charge on any atom is 0.240 e. The van der Waals surface area contributed by atoms with Crippen molar-refractivity contribution >= 4 is 32.4 Å². The number of sulfonamides is 1. The number of anilines is 1. The minimum absolute atomic E-state index is 0.0132. The Kier molecular flexibility index (Phi) is 5.45. The Morgan fingerprint density at radius 3 is 2.61 bits per heavy atom. The molecule has 1 aromatic heterocycles. The van der Waals surface area contributed by atoms with Gasteiger partial charge in [-0.3, -0.25) is 4.79 Å². The van der Waals surface area contributed by atoms with Crippen LogP contribution in [0.15, 0.2) is 23.1 Å². The van der Waals surface area contributed by atoms with Crippen LogP contribution in [0.1, 0.15) is 22.6 Å². The van der Waals surface area contributed by atoms with Crippen LogP contribution in [0, 0.1) is 20.8 Å². The molecule has 0 saturated carbocycles. The Bertz CT molecular complexity index is 815. The van der Waals surface area contributed by atoms with Crippen molar-refractivity contribution in [3.05, 3.63) is 34.3 Å². The summed E-state index contributed by atoms with van der Waals surface area (Å²) >= 11 is 1.26. The number of aromatic nitrogens is 2. The zero-order valence-corrected chi connectivity index (χ0v) is 14.7. The van der Waals surface area contributed by atoms with Gasteiger partial charge in [0.2, 0.25) is 21.1 Å². The summed E-state index contributed by atoms with van der Waals surface area (Å²) < 4.78 is 27.0. The highest BCUT2D eigenvalue weighted by molar-refractivity contribution is 7.89. The molecule has 0 aliphatic carbocycles. The summed E-state index contributed by atoms with van der Waals surface area (Å²) in [7, 11) is -3.63. The van der Waals surface area contributed by atoms with Crippen LogP contribution in [-0.4, -0.2) is 31.1 Å². The van der Waals surface area contributed by atoms with Crippen molar-refractivity contribution in [3.63, 3.8) is 0 Å². The van der Waals surface area contributed by atoms with E-state index < -0.39 is 10.0 Å². The lowest BCUT2D eigenvalue weighted by molar-refractivity contribution is -0.116. The summed E-state index contributed by atoms with van der Waals surface area (Å²) in [6, 6.07) is 5.22. The third kappa shape index (κ3) is 4.81. The van der Waals surface area contributed by atoms with Crippen molar-refractivity contribution in [2.24, 2.45) is 0 Å². The van der Waals surface area contributed by atoms with Crippen molar-refractivity contribution < 1.29 is 13.2 Å². The van der Waals surface area contributed by atoms with Gasteiger partial charge in [0.15, 0.2) is 0 Å². The third-order valence-corrected chi connectivity index (χ3v) is 5.41. The normalized spacial score (nSPS) is 11.4. The van der Waals surface area contributed by atoms with Crippen molar-refractivity contribution in [1.29, 1.82) is 0 Å². The van der Waals surface area contributed by atoms with Gasteiger partial charge in [-0.1, -0.05) is 23.5 Å². The first kappa shape index (κ1) is 17.5. The molecule has 1 amide bonds. The van der Waals surface area contributed by atoms with Crippen LogP contribution >= 0.6 is 11.3 Å². The standard InChI is InChI=1S/C14H18N4O3S2/c1-9-4-5-10(2)12(8-9)23(20,21)15-7-6-13(19)16-14-18-17-11(3)22-14/h4-5,8,15H,6-7H2,1-3H3,(H,16,18,19). The molecule has 0 unspecified atom stereocenters. The van der Waals surface area contributed by atoms with E-state index in [1.165, 1.54) is 11.3 Å². The molecule has 0 radical (unpaired) electrons. The van der Waals surface area contributed by atoms with Crippen LogP contribution in [-0.2, 0) is 14.8 Å². The summed E-state index contributed by atoms with van der Waals surface area (Å²) in [5.74, 6) is -0.315. The maximum atomic E-state index is 12.3. The van der Waals surface area contributed by atoms with E-state index in [4.69, 9.17) is 0 Å². The van der Waals surface area contributed by atoms with E-state index in [1.54, 1.807) is 26.0 Å². The highest BCUT2D eigenvalue weighted by Gasteiger charge is 2.17. The average Bonchev–Trinajstić information content (AvgIpc) is 2.86. The molecule has 0 saturated heterocycles. The zero-order valence-electron chi connectivity index (χ0n) is 13.1. The van der Waals surface area contributed by atoms with Gasteiger partial charge in [0.25, 0.3) is 0 Å². The number of rotatable bonds is 6. The molecule has 7 nitrogen and oxygen atoms in total. The van der Waals surface area contributed by atoms with Crippen LogP contribution in [0.25, 0.3) is 0 Å². The minimum Gasteiger partial charge on any atom is -0.300 e. The Hall–Kier alpha value is -1.84. The number of carbonyl (C=O) groups excluding carboxylic acids is 1. The molecule has 0 spiro atoms. The number of nitrogens with zero attached hydrogens (tertiary/aromatic N) is 2. The van der Waals surface area contributed by atoms with Gasteiger partial charge >= 0.3 is 0 Å². The van der Waals surface area contributed by atoms with Crippen LogP contribution in [0.2, 0.25) is 0 Å². The number of aryl methyl sites for hydroxylation is 3. The molecule has 1 heterocycles. The second kappa shape index (κ2) is 7.16. The van der Waals surface area contributed by atoms with Gasteiger partial charge < -0.3 is 5.32 Å². The summed E-state index contributed by atoms with van der Waals surface area (Å²) in [5, 5.41) is 11.3. The molecule has 1 aromatic carbocycles. The SMILES string of the molecule is Cc1ccc(C)c(S(=O)(=O)NCCC(=O)Nc2nnc(C)s2)c1. The van der Waals surface area contributed by atoms with E-state index in [0.29, 0.717) is 10.7 Å². The number of hydrogen-bond donors (Lipinski definition) is 2. The predicted molar refractivity (Wildman–Crippen MR) is 89.0 cm³/mol. The molecule has 124 valence electrons. The van der Waals surface area contributed by atoms with Gasteiger partial charge in [-0.05, 0) is 38.0 Å². The summed E-state index contributed by atoms with van der Waals surface area (Å²) in [6.07, 6.45) is 0.0166. The smallest absolute Gasteiger partial charge is 0.240 e. The number of carbonyl (C=O) groups is 1. The molecular formula is C14H18N4O3S2. The number of nitrogens with one attached hydrogen (secondary N) is 2. The van der Waals surface area contributed by atoms with Crippen molar-refractivity contribution in [1.82, 2.24) is 14.9 Å². The molecule has 2 N–H and O–H groups in total. The first-order chi connectivity index (χ1) is 10.8. The molecule has 0 atom stereocenters. The lowest BCUT2D eigenvalue weighted by atomic mass is 10.2. The fraction of sp³-hybridized carbons (Fsp3) is 0.357. The highest BCUT2D eigenvalue weighted by Crippen LogP contribution is 2.16. The van der Waals surface area contributed by atoms with Gasteiger partial charge in [0, 0.05) is 13.0 Å². The molecule has 0 aliphatic heterocycles. The molecule has 2 rings (SSSR count). The Morgan fingerprint density at radius 2 is 1.96 bits per heavy atom. The molecule has 23 heavy (non-hydrogen) atoms. The molecular weight excluding hydrogens is 336 g/mol. The average molecular weight is 354 g/mol. The number of benzene rings is 1. The van der Waals surface area contributed by atoms with Crippen molar-refractivity contribution in [2.45, 2.75) is 32.1 Å². The highest BCUT2D eigenvalue weighted by atomic mass is 32.2. The van der Waals surface area contributed by atoms with Crippen LogP contribution in [0.4, 0.5) is 5.13 Å². The van der Waals surface area contributed by atoms with E-state index in [-0.39, 0.29) is 23.8 Å². The maximum absolute atomic E-state index is 12.3. The largest absolute Gasteiger partial charge is 0.300 e. The molecule has 0 bridgehead atoms. The zero-order chi connectivity index (χ0) is 17.0. The molecule has 0 fully saturated rings. The second-order valence-corrected chi connectivity index (χ2v) is 8.01. The fourth-order valence-electron chi connectivity index (χ4n) is 1.90. The third-order valence-electron chi connectivity index (χ3n) is 3.05. The van der Waals surface area contributed by atoms with E-state index >= 15 is 0 Å². The van der Waals surface area contributed by atoms with Crippen LogP contribution < -0.4 is 10.0 Å². The second-order valence-electron chi connectivity index (χ2n) is 5.09. The monoisotopic (exact) mass is 354 g/mol. The van der Waals surface area contributed by atoms with Gasteiger partial charge in [-0.2, -0.15) is 0 Å². The number of hydrogen-bond acceptors (Lipinski definition) is 6. The quantitative estimate of drug-likeness (QED) is 0.823. The molecule has 9 heteroatoms. The van der Waals surface area contributed by atoms with E-state index in [0.717, 1.165) is 10.6 Å². The van der Waals surface area contributed by atoms with Crippen LogP contribution in [0.3, 0.4) is 0 Å². The number of amides is 1. The van der Waals surface area contributed by atoms with E-state index in [9.17, 15) is 13.2 Å². The fourth-order valence-corrected chi connectivity index (χ4v) is 3.87. The summed E-state index contributed by atoms with van der Waals surface area (Å²) in [6.45, 7) is 5.36. The molecule has 2 aromatic rings. The van der Waals surface area contributed by atoms with Gasteiger partial charge in [0.1, 0.15) is 5.01 Å². The first-order valence-electron chi connectivity index (χ1n) is 6.95. The lowest BCUT2D eigenvalue weighted by Gasteiger charge is -2.10. The van der Waals surface area contributed by atoms with E-state index in [1.807, 2.05) is 13.0 Å². The van der Waals surface area contributed by atoms with Gasteiger partial charge in [-0.25, -0.2) is 13.1 Å². The van der Waals surface area contributed by atoms with Gasteiger partial charge in [-0.15, -0.1) is 10.2 Å². The topological polar surface area (TPSA) is 101 Å². The van der Waals surface area contributed by atoms with Crippen molar-refractivity contribution in [3.8, 4) is 0 Å². The Balaban J connectivity index is 1.92. The Morgan fingerprint density at radius 1 is 1.22 bits per heavy atom. The minimum atomic E-state index is -3.63.